The molecule has 180 valence electrons. The molecule has 3 aromatic rings. The van der Waals surface area contributed by atoms with Crippen molar-refractivity contribution in [3.8, 4) is 0 Å². The second-order valence-electron chi connectivity index (χ2n) is 8.89. The van der Waals surface area contributed by atoms with Crippen molar-refractivity contribution in [1.29, 1.82) is 0 Å². The molecule has 2 aromatic carbocycles. The molecule has 1 fully saturated rings. The maximum absolute atomic E-state index is 14.6. The molecule has 35 heavy (non-hydrogen) atoms. The van der Waals surface area contributed by atoms with Crippen molar-refractivity contribution in [3.05, 3.63) is 104 Å². The quantitative estimate of drug-likeness (QED) is 0.595. The number of halogens is 2. The zero-order valence-electron chi connectivity index (χ0n) is 18.9. The Balaban J connectivity index is 1.41. The Morgan fingerprint density at radius 3 is 2.57 bits per heavy atom. The molecule has 0 atom stereocenters. The number of fused-ring (bicyclic) bond motifs is 1. The first kappa shape index (κ1) is 22.8. The molecule has 0 spiro atoms. The highest BCUT2D eigenvalue weighted by atomic mass is 19.1. The minimum absolute atomic E-state index is 0.0921. The lowest BCUT2D eigenvalue weighted by Gasteiger charge is -2.28. The Morgan fingerprint density at radius 2 is 1.83 bits per heavy atom. The van der Waals surface area contributed by atoms with E-state index in [0.717, 1.165) is 30.5 Å². The van der Waals surface area contributed by atoms with Crippen LogP contribution < -0.4 is 16.7 Å². The lowest BCUT2D eigenvalue weighted by atomic mass is 9.84. The molecule has 1 aliphatic carbocycles. The van der Waals surface area contributed by atoms with Gasteiger partial charge in [-0.25, -0.2) is 18.6 Å². The Labute approximate surface area is 199 Å². The summed E-state index contributed by atoms with van der Waals surface area (Å²) in [5.41, 5.74) is 2.88. The van der Waals surface area contributed by atoms with Crippen LogP contribution in [0.1, 0.15) is 48.0 Å². The summed E-state index contributed by atoms with van der Waals surface area (Å²) in [6.07, 6.45) is 11.1. The molecule has 1 saturated carbocycles. The molecular weight excluding hydrogens is 454 g/mol. The van der Waals surface area contributed by atoms with E-state index < -0.39 is 28.8 Å². The second-order valence-corrected chi connectivity index (χ2v) is 8.89. The number of aromatic nitrogens is 2. The number of benzene rings is 2. The Kier molecular flexibility index (Phi) is 6.07. The van der Waals surface area contributed by atoms with Crippen LogP contribution in [0.2, 0.25) is 0 Å². The van der Waals surface area contributed by atoms with Crippen LogP contribution >= 0.6 is 0 Å². The number of nitrogens with one attached hydrogen (secondary N) is 2. The summed E-state index contributed by atoms with van der Waals surface area (Å²) in [5, 5.41) is 0.972. The zero-order valence-corrected chi connectivity index (χ0v) is 18.9. The number of hydrogen-bond donors (Lipinski definition) is 2. The van der Waals surface area contributed by atoms with Crippen molar-refractivity contribution < 1.29 is 13.6 Å². The van der Waals surface area contributed by atoms with Crippen LogP contribution in [0.3, 0.4) is 0 Å². The first-order valence-electron chi connectivity index (χ1n) is 11.6. The summed E-state index contributed by atoms with van der Waals surface area (Å²) in [6.45, 7) is -0.0921. The highest BCUT2D eigenvalue weighted by Gasteiger charge is 2.23. The van der Waals surface area contributed by atoms with Gasteiger partial charge in [0.1, 0.15) is 11.6 Å². The van der Waals surface area contributed by atoms with Gasteiger partial charge in [0.05, 0.1) is 23.0 Å². The molecule has 2 aliphatic rings. The van der Waals surface area contributed by atoms with E-state index in [9.17, 15) is 23.2 Å². The molecule has 1 aliphatic heterocycles. The van der Waals surface area contributed by atoms with Gasteiger partial charge >= 0.3 is 5.69 Å². The van der Waals surface area contributed by atoms with Gasteiger partial charge in [-0.05, 0) is 60.2 Å². The largest absolute Gasteiger partial charge is 0.329 e. The molecule has 9 heteroatoms. The number of carbonyl (C=O) groups excluding carboxylic acids is 1. The number of hydrazine groups is 1. The summed E-state index contributed by atoms with van der Waals surface area (Å²) >= 11 is 0. The normalized spacial score (nSPS) is 16.3. The zero-order chi connectivity index (χ0) is 24.5. The number of hydrogen-bond acceptors (Lipinski definition) is 4. The van der Waals surface area contributed by atoms with Gasteiger partial charge < -0.3 is 0 Å². The molecule has 5 rings (SSSR count). The van der Waals surface area contributed by atoms with E-state index in [4.69, 9.17) is 0 Å². The Hall–Kier alpha value is -4.01. The van der Waals surface area contributed by atoms with Crippen LogP contribution in [0, 0.1) is 17.6 Å². The van der Waals surface area contributed by atoms with Crippen LogP contribution in [-0.4, -0.2) is 20.5 Å². The van der Waals surface area contributed by atoms with Crippen LogP contribution in [0.4, 0.5) is 8.78 Å². The van der Waals surface area contributed by atoms with Crippen LogP contribution in [-0.2, 0) is 6.54 Å². The molecule has 2 N–H and O–H groups in total. The van der Waals surface area contributed by atoms with E-state index in [0.29, 0.717) is 11.5 Å². The molecule has 1 amide bonds. The smallest absolute Gasteiger partial charge is 0.299 e. The molecule has 0 radical (unpaired) electrons. The second kappa shape index (κ2) is 9.32. The maximum Gasteiger partial charge on any atom is 0.329 e. The Morgan fingerprint density at radius 1 is 1.03 bits per heavy atom. The van der Waals surface area contributed by atoms with Gasteiger partial charge in [-0.1, -0.05) is 31.4 Å². The van der Waals surface area contributed by atoms with Crippen LogP contribution in [0.15, 0.2) is 70.0 Å². The van der Waals surface area contributed by atoms with Gasteiger partial charge in [-0.15, -0.1) is 0 Å². The fraction of sp³-hybridized carbons (Fsp3) is 0.269. The standard InChI is InChI=1S/C26H24F2N4O3/c27-20-10-9-16(15-31-22-8-4-7-21(28)23(22)24(33)30-26(31)35)13-19(20)25(34)32-12-11-18(14-29-32)17-5-2-1-3-6-17/h4,7-14,17,29H,1-3,5-6,15H2,(H,30,33,35). The maximum atomic E-state index is 14.6. The van der Waals surface area contributed by atoms with Gasteiger partial charge in [-0.3, -0.25) is 24.6 Å². The van der Waals surface area contributed by atoms with Gasteiger partial charge in [0.25, 0.3) is 11.5 Å². The van der Waals surface area contributed by atoms with E-state index in [1.54, 1.807) is 12.4 Å². The van der Waals surface area contributed by atoms with Crippen molar-refractivity contribution in [3.63, 3.8) is 0 Å². The van der Waals surface area contributed by atoms with Crippen molar-refractivity contribution in [2.75, 3.05) is 0 Å². The van der Waals surface area contributed by atoms with E-state index in [-0.39, 0.29) is 23.0 Å². The van der Waals surface area contributed by atoms with E-state index >= 15 is 0 Å². The predicted octanol–water partition coefficient (Wildman–Crippen LogP) is 3.95. The highest BCUT2D eigenvalue weighted by Crippen LogP contribution is 2.31. The van der Waals surface area contributed by atoms with Crippen molar-refractivity contribution in [1.82, 2.24) is 20.0 Å². The van der Waals surface area contributed by atoms with Crippen molar-refractivity contribution in [2.45, 2.75) is 38.6 Å². The molecular formula is C26H24F2N4O3. The minimum Gasteiger partial charge on any atom is -0.299 e. The van der Waals surface area contributed by atoms with E-state index in [1.807, 2.05) is 6.08 Å². The molecule has 0 saturated heterocycles. The molecule has 2 heterocycles. The van der Waals surface area contributed by atoms with Crippen molar-refractivity contribution in [2.24, 2.45) is 5.92 Å². The number of H-pyrrole nitrogens is 1. The first-order chi connectivity index (χ1) is 16.9. The number of carbonyl (C=O) groups is 1. The molecule has 7 nitrogen and oxygen atoms in total. The number of allylic oxidation sites excluding steroid dienone is 2. The third kappa shape index (κ3) is 4.41. The van der Waals surface area contributed by atoms with Gasteiger partial charge in [0, 0.05) is 12.4 Å². The summed E-state index contributed by atoms with van der Waals surface area (Å²) in [6, 6.07) is 7.94. The van der Waals surface area contributed by atoms with Crippen molar-refractivity contribution >= 4 is 16.8 Å². The summed E-state index contributed by atoms with van der Waals surface area (Å²) in [5.74, 6) is -1.60. The molecule has 0 bridgehead atoms. The highest BCUT2D eigenvalue weighted by molar-refractivity contribution is 5.95. The monoisotopic (exact) mass is 478 g/mol. The minimum atomic E-state index is -0.821. The SMILES string of the molecule is O=C(c1cc(Cn2c(=O)[nH]c(=O)c3c(F)cccc32)ccc1F)N1C=CC(C2CCCCC2)=CN1. The third-order valence-electron chi connectivity index (χ3n) is 6.66. The lowest BCUT2D eigenvalue weighted by molar-refractivity contribution is 0.0773. The third-order valence-corrected chi connectivity index (χ3v) is 6.66. The van der Waals surface area contributed by atoms with E-state index in [1.165, 1.54) is 53.1 Å². The lowest BCUT2D eigenvalue weighted by Crippen LogP contribution is -2.38. The van der Waals surface area contributed by atoms with Gasteiger partial charge in [-0.2, -0.15) is 0 Å². The first-order valence-corrected chi connectivity index (χ1v) is 11.6. The number of rotatable bonds is 4. The number of amides is 1. The van der Waals surface area contributed by atoms with Gasteiger partial charge in [0.2, 0.25) is 0 Å². The summed E-state index contributed by atoms with van der Waals surface area (Å²) in [4.78, 5) is 39.7. The fourth-order valence-electron chi connectivity index (χ4n) is 4.81. The molecule has 1 aromatic heterocycles. The Bertz CT molecular complexity index is 1480. The number of aromatic amines is 1. The topological polar surface area (TPSA) is 87.2 Å². The average Bonchev–Trinajstić information content (AvgIpc) is 2.87. The average molecular weight is 478 g/mol. The fourth-order valence-corrected chi connectivity index (χ4v) is 4.81. The molecule has 0 unspecified atom stereocenters. The van der Waals surface area contributed by atoms with Crippen LogP contribution in [0.25, 0.3) is 10.9 Å². The summed E-state index contributed by atoms with van der Waals surface area (Å²) in [7, 11) is 0. The van der Waals surface area contributed by atoms with Gasteiger partial charge in [0.15, 0.2) is 0 Å². The predicted molar refractivity (Wildman–Crippen MR) is 127 cm³/mol. The summed E-state index contributed by atoms with van der Waals surface area (Å²) < 4.78 is 30.0. The van der Waals surface area contributed by atoms with E-state index in [2.05, 4.69) is 10.4 Å². The van der Waals surface area contributed by atoms with Crippen LogP contribution in [0.5, 0.6) is 0 Å². The number of nitrogens with zero attached hydrogens (tertiary/aromatic N) is 2.